The lowest BCUT2D eigenvalue weighted by molar-refractivity contribution is -0.135. The Labute approximate surface area is 178 Å². The normalized spacial score (nSPS) is 21.9. The number of carbonyl (C=O) groups is 1. The van der Waals surface area contributed by atoms with E-state index in [1.165, 1.54) is 11.3 Å². The van der Waals surface area contributed by atoms with Crippen molar-refractivity contribution in [2.45, 2.75) is 38.5 Å². The minimum absolute atomic E-state index is 0.0732. The van der Waals surface area contributed by atoms with Gasteiger partial charge < -0.3 is 15.1 Å². The number of amides is 1. The van der Waals surface area contributed by atoms with E-state index in [0.717, 1.165) is 95.0 Å². The molecule has 158 valence electrons. The van der Waals surface area contributed by atoms with E-state index in [1.54, 1.807) is 0 Å². The van der Waals surface area contributed by atoms with Gasteiger partial charge in [-0.2, -0.15) is 0 Å². The number of anilines is 1. The van der Waals surface area contributed by atoms with Gasteiger partial charge in [-0.1, -0.05) is 30.3 Å². The van der Waals surface area contributed by atoms with Gasteiger partial charge in [-0.25, -0.2) is 9.97 Å². The number of rotatable bonds is 3. The summed E-state index contributed by atoms with van der Waals surface area (Å²) in [6, 6.07) is 10.3. The zero-order valence-electron chi connectivity index (χ0n) is 17.6. The number of carbonyl (C=O) groups excluding carboxylic acids is 1. The third kappa shape index (κ3) is 3.93. The topological polar surface area (TPSA) is 61.4 Å². The van der Waals surface area contributed by atoms with Crippen LogP contribution in [0.15, 0.2) is 30.3 Å². The summed E-state index contributed by atoms with van der Waals surface area (Å²) in [5.74, 6) is 2.30. The molecule has 1 aromatic heterocycles. The highest BCUT2D eigenvalue weighted by atomic mass is 16.2. The average Bonchev–Trinajstić information content (AvgIpc) is 3.11. The average molecular weight is 406 g/mol. The summed E-state index contributed by atoms with van der Waals surface area (Å²) in [7, 11) is 0. The maximum Gasteiger partial charge on any atom is 0.227 e. The zero-order chi connectivity index (χ0) is 20.3. The molecule has 0 radical (unpaired) electrons. The Morgan fingerprint density at radius 2 is 1.87 bits per heavy atom. The summed E-state index contributed by atoms with van der Waals surface area (Å²) in [6.45, 7) is 5.38. The summed E-state index contributed by atoms with van der Waals surface area (Å²) in [5.41, 5.74) is 3.57. The van der Waals surface area contributed by atoms with E-state index in [1.807, 2.05) is 18.2 Å². The van der Waals surface area contributed by atoms with Gasteiger partial charge in [0.15, 0.2) is 5.82 Å². The van der Waals surface area contributed by atoms with Crippen LogP contribution in [0.5, 0.6) is 0 Å². The summed E-state index contributed by atoms with van der Waals surface area (Å²) in [5, 5.41) is 3.40. The second-order valence-corrected chi connectivity index (χ2v) is 8.73. The minimum atomic E-state index is 0.0732. The molecule has 1 amide bonds. The van der Waals surface area contributed by atoms with Gasteiger partial charge in [0.1, 0.15) is 5.82 Å². The van der Waals surface area contributed by atoms with E-state index >= 15 is 0 Å². The van der Waals surface area contributed by atoms with Gasteiger partial charge in [0, 0.05) is 49.5 Å². The van der Waals surface area contributed by atoms with Crippen LogP contribution in [0.25, 0.3) is 11.4 Å². The van der Waals surface area contributed by atoms with Crippen molar-refractivity contribution in [2.24, 2.45) is 5.92 Å². The maximum absolute atomic E-state index is 13.2. The van der Waals surface area contributed by atoms with E-state index < -0.39 is 0 Å². The second-order valence-electron chi connectivity index (χ2n) is 8.73. The van der Waals surface area contributed by atoms with Crippen molar-refractivity contribution in [1.82, 2.24) is 20.2 Å². The van der Waals surface area contributed by atoms with Gasteiger partial charge in [-0.05, 0) is 45.1 Å². The van der Waals surface area contributed by atoms with E-state index in [2.05, 4.69) is 27.2 Å². The first-order valence-corrected chi connectivity index (χ1v) is 11.5. The van der Waals surface area contributed by atoms with E-state index in [0.29, 0.717) is 5.91 Å². The van der Waals surface area contributed by atoms with E-state index in [-0.39, 0.29) is 5.92 Å². The Bertz CT molecular complexity index is 892. The second kappa shape index (κ2) is 8.72. The number of benzene rings is 1. The van der Waals surface area contributed by atoms with Crippen molar-refractivity contribution >= 4 is 11.7 Å². The zero-order valence-corrected chi connectivity index (χ0v) is 17.6. The lowest BCUT2D eigenvalue weighted by Crippen LogP contribution is -2.46. The standard InChI is InChI=1S/C24H31N5O/c30-24(28-15-6-12-25-13-16-28)19-9-5-14-29(17-19)23-20-10-4-11-21(20)26-22(27-23)18-7-2-1-3-8-18/h1-3,7-8,19,25H,4-6,9-17H2/t19-/m1/s1. The van der Waals surface area contributed by atoms with Gasteiger partial charge in [0.05, 0.1) is 5.92 Å². The highest BCUT2D eigenvalue weighted by Gasteiger charge is 2.32. The highest BCUT2D eigenvalue weighted by molar-refractivity contribution is 5.80. The number of fused-ring (bicyclic) bond motifs is 1. The van der Waals surface area contributed by atoms with Crippen molar-refractivity contribution in [3.63, 3.8) is 0 Å². The van der Waals surface area contributed by atoms with Crippen molar-refractivity contribution in [3.8, 4) is 11.4 Å². The van der Waals surface area contributed by atoms with Crippen molar-refractivity contribution < 1.29 is 4.79 Å². The molecule has 2 fully saturated rings. The molecular weight excluding hydrogens is 374 g/mol. The van der Waals surface area contributed by atoms with Crippen molar-refractivity contribution in [3.05, 3.63) is 41.6 Å². The van der Waals surface area contributed by atoms with E-state index in [4.69, 9.17) is 9.97 Å². The third-order valence-electron chi connectivity index (χ3n) is 6.67. The number of nitrogens with one attached hydrogen (secondary N) is 1. The molecule has 2 aromatic rings. The van der Waals surface area contributed by atoms with Gasteiger partial charge in [-0.3, -0.25) is 4.79 Å². The van der Waals surface area contributed by atoms with E-state index in [9.17, 15) is 4.79 Å². The van der Waals surface area contributed by atoms with Crippen LogP contribution >= 0.6 is 0 Å². The summed E-state index contributed by atoms with van der Waals surface area (Å²) in [6.07, 6.45) is 6.29. The molecule has 30 heavy (non-hydrogen) atoms. The molecule has 3 heterocycles. The van der Waals surface area contributed by atoms with Crippen LogP contribution in [0.1, 0.15) is 36.9 Å². The quantitative estimate of drug-likeness (QED) is 0.851. The largest absolute Gasteiger partial charge is 0.355 e. The lowest BCUT2D eigenvalue weighted by atomic mass is 9.96. The molecule has 2 saturated heterocycles. The van der Waals surface area contributed by atoms with Gasteiger partial charge in [-0.15, -0.1) is 0 Å². The van der Waals surface area contributed by atoms with Gasteiger partial charge in [0.25, 0.3) is 0 Å². The predicted octanol–water partition coefficient (Wildman–Crippen LogP) is 2.67. The molecule has 3 aliphatic rings. The number of hydrogen-bond acceptors (Lipinski definition) is 5. The molecule has 0 bridgehead atoms. The molecule has 6 nitrogen and oxygen atoms in total. The van der Waals surface area contributed by atoms with Crippen LogP contribution in [-0.2, 0) is 17.6 Å². The fraction of sp³-hybridized carbons (Fsp3) is 0.542. The van der Waals surface area contributed by atoms with Crippen LogP contribution in [0.3, 0.4) is 0 Å². The Morgan fingerprint density at radius 1 is 0.967 bits per heavy atom. The van der Waals surface area contributed by atoms with Crippen molar-refractivity contribution in [2.75, 3.05) is 44.2 Å². The summed E-state index contributed by atoms with van der Waals surface area (Å²) < 4.78 is 0. The molecular formula is C24H31N5O. The fourth-order valence-corrected chi connectivity index (χ4v) is 5.09. The van der Waals surface area contributed by atoms with Crippen molar-refractivity contribution in [1.29, 1.82) is 0 Å². The van der Waals surface area contributed by atoms with Crippen LogP contribution in [0.2, 0.25) is 0 Å². The van der Waals surface area contributed by atoms with Crippen LogP contribution in [0.4, 0.5) is 5.82 Å². The molecule has 1 aromatic carbocycles. The molecule has 1 N–H and O–H groups in total. The smallest absolute Gasteiger partial charge is 0.227 e. The molecule has 5 rings (SSSR count). The Morgan fingerprint density at radius 3 is 2.77 bits per heavy atom. The lowest BCUT2D eigenvalue weighted by Gasteiger charge is -2.36. The number of hydrogen-bond donors (Lipinski definition) is 1. The van der Waals surface area contributed by atoms with Gasteiger partial charge >= 0.3 is 0 Å². The number of nitrogens with zero attached hydrogens (tertiary/aromatic N) is 4. The first-order chi connectivity index (χ1) is 14.8. The highest BCUT2D eigenvalue weighted by Crippen LogP contribution is 2.33. The molecule has 2 aliphatic heterocycles. The SMILES string of the molecule is O=C([C@@H]1CCCN(c2nc(-c3ccccc3)nc3c2CCC3)C1)N1CCCNCC1. The monoisotopic (exact) mass is 405 g/mol. The Hall–Kier alpha value is -2.47. The maximum atomic E-state index is 13.2. The predicted molar refractivity (Wildman–Crippen MR) is 118 cm³/mol. The number of aryl methyl sites for hydroxylation is 1. The van der Waals surface area contributed by atoms with Crippen LogP contribution < -0.4 is 10.2 Å². The molecule has 0 saturated carbocycles. The molecule has 0 unspecified atom stereocenters. The van der Waals surface area contributed by atoms with Crippen LogP contribution in [-0.4, -0.2) is 60.0 Å². The molecule has 0 spiro atoms. The summed E-state index contributed by atoms with van der Waals surface area (Å²) in [4.78, 5) is 27.6. The first kappa shape index (κ1) is 19.5. The Balaban J connectivity index is 1.41. The first-order valence-electron chi connectivity index (χ1n) is 11.5. The molecule has 1 atom stereocenters. The van der Waals surface area contributed by atoms with Crippen LogP contribution in [0, 0.1) is 5.92 Å². The summed E-state index contributed by atoms with van der Waals surface area (Å²) >= 11 is 0. The Kier molecular flexibility index (Phi) is 5.67. The molecule has 6 heteroatoms. The number of aromatic nitrogens is 2. The fourth-order valence-electron chi connectivity index (χ4n) is 5.09. The molecule has 1 aliphatic carbocycles. The van der Waals surface area contributed by atoms with Gasteiger partial charge in [0.2, 0.25) is 5.91 Å². The number of piperidine rings is 1. The minimum Gasteiger partial charge on any atom is -0.355 e. The third-order valence-corrected chi connectivity index (χ3v) is 6.67.